The topological polar surface area (TPSA) is 50.2 Å². The maximum atomic E-state index is 11.6. The van der Waals surface area contributed by atoms with Crippen LogP contribution in [0.15, 0.2) is 48.5 Å². The monoisotopic (exact) mass is 297 g/mol. The van der Waals surface area contributed by atoms with Crippen LogP contribution in [0.3, 0.4) is 0 Å². The van der Waals surface area contributed by atoms with Gasteiger partial charge in [0.05, 0.1) is 16.8 Å². The van der Waals surface area contributed by atoms with Crippen LogP contribution in [0, 0.1) is 6.92 Å². The maximum absolute atomic E-state index is 11.6. The van der Waals surface area contributed by atoms with E-state index in [2.05, 4.69) is 4.98 Å². The Bertz CT molecular complexity index is 844. The van der Waals surface area contributed by atoms with Crippen molar-refractivity contribution in [1.29, 1.82) is 0 Å². The lowest BCUT2D eigenvalue weighted by atomic mass is 10.0. The number of carbonyl (C=O) groups is 1. The van der Waals surface area contributed by atoms with Gasteiger partial charge in [-0.2, -0.15) is 0 Å². The Morgan fingerprint density at radius 3 is 2.52 bits per heavy atom. The van der Waals surface area contributed by atoms with Gasteiger partial charge in [0.2, 0.25) is 0 Å². The number of carboxylic acids is 1. The number of pyridine rings is 1. The van der Waals surface area contributed by atoms with Crippen LogP contribution in [0.4, 0.5) is 0 Å². The molecule has 21 heavy (non-hydrogen) atoms. The van der Waals surface area contributed by atoms with Crippen molar-refractivity contribution in [2.24, 2.45) is 0 Å². The van der Waals surface area contributed by atoms with Gasteiger partial charge >= 0.3 is 5.97 Å². The number of carboxylic acid groups (broad SMARTS) is 1. The second-order valence-corrected chi connectivity index (χ2v) is 5.28. The van der Waals surface area contributed by atoms with E-state index in [1.54, 1.807) is 18.2 Å². The molecule has 1 N–H and O–H groups in total. The highest BCUT2D eigenvalue weighted by atomic mass is 35.5. The molecule has 4 heteroatoms. The van der Waals surface area contributed by atoms with Crippen LogP contribution >= 0.6 is 11.6 Å². The van der Waals surface area contributed by atoms with Gasteiger partial charge in [0, 0.05) is 16.0 Å². The van der Waals surface area contributed by atoms with E-state index < -0.39 is 5.97 Å². The smallest absolute Gasteiger partial charge is 0.336 e. The summed E-state index contributed by atoms with van der Waals surface area (Å²) in [7, 11) is 0. The second-order valence-electron chi connectivity index (χ2n) is 4.85. The van der Waals surface area contributed by atoms with Crippen LogP contribution in [0.1, 0.15) is 15.9 Å². The third-order valence-corrected chi connectivity index (χ3v) is 3.59. The van der Waals surface area contributed by atoms with E-state index in [9.17, 15) is 9.90 Å². The van der Waals surface area contributed by atoms with Crippen molar-refractivity contribution in [3.05, 3.63) is 64.7 Å². The summed E-state index contributed by atoms with van der Waals surface area (Å²) in [6.45, 7) is 1.88. The summed E-state index contributed by atoms with van der Waals surface area (Å²) in [5.74, 6) is -0.985. The van der Waals surface area contributed by atoms with Crippen molar-refractivity contribution in [2.45, 2.75) is 6.92 Å². The molecular weight excluding hydrogens is 286 g/mol. The minimum atomic E-state index is -0.985. The van der Waals surface area contributed by atoms with Gasteiger partial charge in [-0.25, -0.2) is 9.78 Å². The lowest BCUT2D eigenvalue weighted by molar-refractivity contribution is 0.0699. The van der Waals surface area contributed by atoms with E-state index in [4.69, 9.17) is 11.6 Å². The molecule has 0 aliphatic rings. The average Bonchev–Trinajstić information content (AvgIpc) is 2.47. The summed E-state index contributed by atoms with van der Waals surface area (Å²) >= 11 is 6.04. The highest BCUT2D eigenvalue weighted by Crippen LogP contribution is 2.29. The molecule has 0 aliphatic heterocycles. The Kier molecular flexibility index (Phi) is 3.35. The number of hydrogen-bond acceptors (Lipinski definition) is 2. The highest BCUT2D eigenvalue weighted by molar-refractivity contribution is 6.31. The van der Waals surface area contributed by atoms with Crippen LogP contribution in [-0.4, -0.2) is 16.1 Å². The molecule has 3 rings (SSSR count). The van der Waals surface area contributed by atoms with Crippen LogP contribution in [-0.2, 0) is 0 Å². The number of nitrogens with zero attached hydrogens (tertiary/aromatic N) is 1. The van der Waals surface area contributed by atoms with Crippen molar-refractivity contribution in [3.8, 4) is 11.3 Å². The number of fused-ring (bicyclic) bond motifs is 1. The first-order valence-electron chi connectivity index (χ1n) is 6.46. The molecule has 104 valence electrons. The molecule has 3 aromatic rings. The Balaban J connectivity index is 2.38. The van der Waals surface area contributed by atoms with Gasteiger partial charge in [-0.15, -0.1) is 0 Å². The molecule has 0 radical (unpaired) electrons. The standard InChI is InChI=1S/C17H12ClNO2/c1-10-7-12(18)8-13-14(17(20)21)9-15(19-16(10)13)11-5-3-2-4-6-11/h2-9H,1H3,(H,20,21). The highest BCUT2D eigenvalue weighted by Gasteiger charge is 2.14. The van der Waals surface area contributed by atoms with Crippen LogP contribution < -0.4 is 0 Å². The molecule has 0 bridgehead atoms. The number of rotatable bonds is 2. The fourth-order valence-electron chi connectivity index (χ4n) is 2.39. The van der Waals surface area contributed by atoms with Crippen molar-refractivity contribution in [3.63, 3.8) is 0 Å². The third kappa shape index (κ3) is 2.48. The van der Waals surface area contributed by atoms with E-state index >= 15 is 0 Å². The molecule has 1 aromatic heterocycles. The minimum Gasteiger partial charge on any atom is -0.478 e. The molecule has 0 saturated heterocycles. The summed E-state index contributed by atoms with van der Waals surface area (Å²) in [6.07, 6.45) is 0. The second kappa shape index (κ2) is 5.19. The zero-order chi connectivity index (χ0) is 15.0. The third-order valence-electron chi connectivity index (χ3n) is 3.37. The van der Waals surface area contributed by atoms with Gasteiger partial charge in [0.1, 0.15) is 0 Å². The van der Waals surface area contributed by atoms with E-state index in [1.165, 1.54) is 0 Å². The van der Waals surface area contributed by atoms with Gasteiger partial charge in [-0.1, -0.05) is 41.9 Å². The first-order chi connectivity index (χ1) is 10.1. The Morgan fingerprint density at radius 2 is 1.86 bits per heavy atom. The molecule has 2 aromatic carbocycles. The first-order valence-corrected chi connectivity index (χ1v) is 6.83. The quantitative estimate of drug-likeness (QED) is 0.754. The lowest BCUT2D eigenvalue weighted by Gasteiger charge is -2.09. The fraction of sp³-hybridized carbons (Fsp3) is 0.0588. The van der Waals surface area contributed by atoms with Gasteiger partial charge in [0.25, 0.3) is 0 Å². The van der Waals surface area contributed by atoms with Gasteiger partial charge in [-0.3, -0.25) is 0 Å². The number of aromatic carboxylic acids is 1. The summed E-state index contributed by atoms with van der Waals surface area (Å²) in [5, 5.41) is 10.5. The first kappa shape index (κ1) is 13.6. The van der Waals surface area contributed by atoms with Crippen LogP contribution in [0.5, 0.6) is 0 Å². The predicted octanol–water partition coefficient (Wildman–Crippen LogP) is 4.56. The Hall–Kier alpha value is -2.39. The number of aryl methyl sites for hydroxylation is 1. The van der Waals surface area contributed by atoms with Gasteiger partial charge < -0.3 is 5.11 Å². The Labute approximate surface area is 126 Å². The zero-order valence-electron chi connectivity index (χ0n) is 11.3. The maximum Gasteiger partial charge on any atom is 0.336 e. The normalized spacial score (nSPS) is 10.8. The summed E-state index contributed by atoms with van der Waals surface area (Å²) in [4.78, 5) is 16.2. The zero-order valence-corrected chi connectivity index (χ0v) is 12.1. The van der Waals surface area contributed by atoms with Crippen LogP contribution in [0.25, 0.3) is 22.2 Å². The van der Waals surface area contributed by atoms with Gasteiger partial charge in [0.15, 0.2) is 0 Å². The molecule has 0 saturated carbocycles. The Morgan fingerprint density at radius 1 is 1.14 bits per heavy atom. The predicted molar refractivity (Wildman–Crippen MR) is 83.9 cm³/mol. The lowest BCUT2D eigenvalue weighted by Crippen LogP contribution is -2.01. The molecule has 0 unspecified atom stereocenters. The van der Waals surface area contributed by atoms with Crippen molar-refractivity contribution >= 4 is 28.5 Å². The number of benzene rings is 2. The van der Waals surface area contributed by atoms with Crippen molar-refractivity contribution in [1.82, 2.24) is 4.98 Å². The van der Waals surface area contributed by atoms with Gasteiger partial charge in [-0.05, 0) is 30.7 Å². The molecule has 0 fully saturated rings. The summed E-state index contributed by atoms with van der Waals surface area (Å²) in [6, 6.07) is 14.6. The van der Waals surface area contributed by atoms with Crippen molar-refractivity contribution in [2.75, 3.05) is 0 Å². The largest absolute Gasteiger partial charge is 0.478 e. The van der Waals surface area contributed by atoms with E-state index in [0.29, 0.717) is 21.6 Å². The molecular formula is C17H12ClNO2. The van der Waals surface area contributed by atoms with Crippen molar-refractivity contribution < 1.29 is 9.90 Å². The molecule has 0 spiro atoms. The minimum absolute atomic E-state index is 0.212. The number of halogens is 1. The molecule has 3 nitrogen and oxygen atoms in total. The molecule has 0 atom stereocenters. The molecule has 0 aliphatic carbocycles. The number of aromatic nitrogens is 1. The van der Waals surface area contributed by atoms with E-state index in [0.717, 1.165) is 11.1 Å². The summed E-state index contributed by atoms with van der Waals surface area (Å²) < 4.78 is 0. The molecule has 1 heterocycles. The fourth-order valence-corrected chi connectivity index (χ4v) is 2.66. The van der Waals surface area contributed by atoms with E-state index in [1.807, 2.05) is 37.3 Å². The summed E-state index contributed by atoms with van der Waals surface area (Å²) in [5.41, 5.74) is 3.27. The average molecular weight is 298 g/mol. The number of hydrogen-bond donors (Lipinski definition) is 1. The van der Waals surface area contributed by atoms with Crippen LogP contribution in [0.2, 0.25) is 5.02 Å². The molecule has 0 amide bonds. The SMILES string of the molecule is Cc1cc(Cl)cc2c(C(=O)O)cc(-c3ccccc3)nc12. The van der Waals surface area contributed by atoms with E-state index in [-0.39, 0.29) is 5.56 Å².